The molecule has 0 bridgehead atoms. The number of nitriles is 1. The van der Waals surface area contributed by atoms with Gasteiger partial charge in [-0.15, -0.1) is 0 Å². The fourth-order valence-corrected chi connectivity index (χ4v) is 3.59. The molecule has 3 heteroatoms. The van der Waals surface area contributed by atoms with Crippen LogP contribution >= 0.6 is 0 Å². The van der Waals surface area contributed by atoms with Crippen molar-refractivity contribution < 1.29 is 5.11 Å². The highest BCUT2D eigenvalue weighted by molar-refractivity contribution is 5.21. The van der Waals surface area contributed by atoms with Crippen LogP contribution in [0.1, 0.15) is 44.1 Å². The first kappa shape index (κ1) is 16.0. The Morgan fingerprint density at radius 3 is 2.62 bits per heavy atom. The molecule has 0 amide bonds. The number of nitrogens with zero attached hydrogens (tertiary/aromatic N) is 2. The zero-order chi connectivity index (χ0) is 15.1. The minimum absolute atomic E-state index is 0.100. The first-order valence-electron chi connectivity index (χ1n) is 8.09. The van der Waals surface area contributed by atoms with Gasteiger partial charge in [0.1, 0.15) is 0 Å². The fourth-order valence-electron chi connectivity index (χ4n) is 3.59. The molecule has 3 nitrogen and oxygen atoms in total. The van der Waals surface area contributed by atoms with E-state index in [1.807, 2.05) is 0 Å². The Hall–Kier alpha value is -1.37. The van der Waals surface area contributed by atoms with Crippen molar-refractivity contribution in [3.63, 3.8) is 0 Å². The standard InChI is InChI=1S/C18H26N2O/c1-2-10-20(11-12-21)18-13-16(8-9-17(18)14-19)15-6-4-3-5-7-15/h3-7,16-18,21H,2,8-13H2,1H3. The number of hydrogen-bond acceptors (Lipinski definition) is 3. The van der Waals surface area contributed by atoms with E-state index >= 15 is 0 Å². The summed E-state index contributed by atoms with van der Waals surface area (Å²) in [5.41, 5.74) is 1.39. The summed E-state index contributed by atoms with van der Waals surface area (Å²) < 4.78 is 0. The van der Waals surface area contributed by atoms with Gasteiger partial charge in [-0.2, -0.15) is 5.26 Å². The van der Waals surface area contributed by atoms with Crippen molar-refractivity contribution in [2.75, 3.05) is 19.7 Å². The quantitative estimate of drug-likeness (QED) is 0.873. The molecule has 0 spiro atoms. The molecule has 1 aromatic carbocycles. The van der Waals surface area contributed by atoms with E-state index in [4.69, 9.17) is 0 Å². The van der Waals surface area contributed by atoms with Crippen LogP contribution in [0.2, 0.25) is 0 Å². The monoisotopic (exact) mass is 286 g/mol. The topological polar surface area (TPSA) is 47.3 Å². The van der Waals surface area contributed by atoms with Crippen LogP contribution in [0.25, 0.3) is 0 Å². The third-order valence-corrected chi connectivity index (χ3v) is 4.62. The molecule has 3 unspecified atom stereocenters. The molecular formula is C18H26N2O. The summed E-state index contributed by atoms with van der Waals surface area (Å²) in [6.45, 7) is 3.97. The van der Waals surface area contributed by atoms with Crippen molar-refractivity contribution in [2.24, 2.45) is 5.92 Å². The highest BCUT2D eigenvalue weighted by Crippen LogP contribution is 2.38. The molecule has 0 radical (unpaired) electrons. The molecule has 1 fully saturated rings. The van der Waals surface area contributed by atoms with Crippen molar-refractivity contribution >= 4 is 0 Å². The molecule has 0 aromatic heterocycles. The van der Waals surface area contributed by atoms with Crippen LogP contribution in [0.15, 0.2) is 30.3 Å². The summed E-state index contributed by atoms with van der Waals surface area (Å²) in [5, 5.41) is 18.8. The first-order chi connectivity index (χ1) is 10.3. The molecule has 1 aliphatic carbocycles. The Balaban J connectivity index is 2.13. The summed E-state index contributed by atoms with van der Waals surface area (Å²) in [7, 11) is 0. The maximum Gasteiger partial charge on any atom is 0.0672 e. The van der Waals surface area contributed by atoms with Crippen LogP contribution < -0.4 is 0 Å². The van der Waals surface area contributed by atoms with Crippen LogP contribution in [0.5, 0.6) is 0 Å². The van der Waals surface area contributed by atoms with Gasteiger partial charge in [0.2, 0.25) is 0 Å². The minimum Gasteiger partial charge on any atom is -0.395 e. The predicted octanol–water partition coefficient (Wildman–Crippen LogP) is 3.17. The molecule has 1 N–H and O–H groups in total. The van der Waals surface area contributed by atoms with Crippen molar-refractivity contribution in [2.45, 2.75) is 44.6 Å². The van der Waals surface area contributed by atoms with E-state index in [2.05, 4.69) is 48.2 Å². The molecule has 0 aliphatic heterocycles. The van der Waals surface area contributed by atoms with Gasteiger partial charge in [0.25, 0.3) is 0 Å². The van der Waals surface area contributed by atoms with Gasteiger partial charge in [0.15, 0.2) is 0 Å². The largest absolute Gasteiger partial charge is 0.395 e. The fraction of sp³-hybridized carbons (Fsp3) is 0.611. The van der Waals surface area contributed by atoms with Gasteiger partial charge in [0, 0.05) is 12.6 Å². The summed E-state index contributed by atoms with van der Waals surface area (Å²) in [6.07, 6.45) is 4.15. The van der Waals surface area contributed by atoms with E-state index in [0.717, 1.165) is 32.2 Å². The van der Waals surface area contributed by atoms with Gasteiger partial charge in [0.05, 0.1) is 18.6 Å². The van der Waals surface area contributed by atoms with Gasteiger partial charge >= 0.3 is 0 Å². The average Bonchev–Trinajstić information content (AvgIpc) is 2.55. The van der Waals surface area contributed by atoms with Gasteiger partial charge in [-0.25, -0.2) is 0 Å². The van der Waals surface area contributed by atoms with E-state index < -0.39 is 0 Å². The summed E-state index contributed by atoms with van der Waals surface area (Å²) in [4.78, 5) is 2.32. The Labute approximate surface area is 128 Å². The smallest absolute Gasteiger partial charge is 0.0672 e. The lowest BCUT2D eigenvalue weighted by atomic mass is 9.75. The maximum atomic E-state index is 9.46. The second kappa shape index (κ2) is 8.17. The van der Waals surface area contributed by atoms with Crippen LogP contribution in [-0.4, -0.2) is 35.7 Å². The molecule has 2 rings (SSSR count). The molecular weight excluding hydrogens is 260 g/mol. The zero-order valence-corrected chi connectivity index (χ0v) is 12.9. The SMILES string of the molecule is CCCN(CCO)C1CC(c2ccccc2)CCC1C#N. The molecule has 1 saturated carbocycles. The normalized spacial score (nSPS) is 25.7. The van der Waals surface area contributed by atoms with Crippen LogP contribution in [0, 0.1) is 17.2 Å². The van der Waals surface area contributed by atoms with Crippen molar-refractivity contribution in [3.8, 4) is 6.07 Å². The van der Waals surface area contributed by atoms with Crippen LogP contribution in [0.3, 0.4) is 0 Å². The second-order valence-electron chi connectivity index (χ2n) is 5.98. The molecule has 3 atom stereocenters. The highest BCUT2D eigenvalue weighted by atomic mass is 16.3. The van der Waals surface area contributed by atoms with Gasteiger partial charge in [-0.3, -0.25) is 4.90 Å². The minimum atomic E-state index is 0.100. The maximum absolute atomic E-state index is 9.46. The van der Waals surface area contributed by atoms with Gasteiger partial charge < -0.3 is 5.11 Å². The Morgan fingerprint density at radius 2 is 2.00 bits per heavy atom. The van der Waals surface area contributed by atoms with Crippen molar-refractivity contribution in [3.05, 3.63) is 35.9 Å². The third kappa shape index (κ3) is 4.06. The number of aliphatic hydroxyl groups excluding tert-OH is 1. The van der Waals surface area contributed by atoms with Gasteiger partial charge in [-0.05, 0) is 43.7 Å². The second-order valence-corrected chi connectivity index (χ2v) is 5.98. The van der Waals surface area contributed by atoms with Crippen LogP contribution in [-0.2, 0) is 0 Å². The molecule has 0 heterocycles. The predicted molar refractivity (Wildman–Crippen MR) is 84.9 cm³/mol. The molecule has 1 aromatic rings. The van der Waals surface area contributed by atoms with E-state index in [1.165, 1.54) is 5.56 Å². The summed E-state index contributed by atoms with van der Waals surface area (Å²) in [6, 6.07) is 13.4. The molecule has 0 saturated heterocycles. The first-order valence-corrected chi connectivity index (χ1v) is 8.09. The number of benzene rings is 1. The van der Waals surface area contributed by atoms with Gasteiger partial charge in [-0.1, -0.05) is 37.3 Å². The van der Waals surface area contributed by atoms with E-state index in [0.29, 0.717) is 12.5 Å². The number of rotatable bonds is 6. The number of hydrogen-bond donors (Lipinski definition) is 1. The van der Waals surface area contributed by atoms with Crippen LogP contribution in [0.4, 0.5) is 0 Å². The lowest BCUT2D eigenvalue weighted by Crippen LogP contribution is -2.45. The highest BCUT2D eigenvalue weighted by Gasteiger charge is 2.34. The van der Waals surface area contributed by atoms with Crippen molar-refractivity contribution in [1.29, 1.82) is 5.26 Å². The molecule has 1 aliphatic rings. The summed E-state index contributed by atoms with van der Waals surface area (Å²) in [5.74, 6) is 0.641. The summed E-state index contributed by atoms with van der Waals surface area (Å²) >= 11 is 0. The zero-order valence-electron chi connectivity index (χ0n) is 12.9. The Bertz CT molecular complexity index is 448. The third-order valence-electron chi connectivity index (χ3n) is 4.62. The molecule has 114 valence electrons. The van der Waals surface area contributed by atoms with E-state index in [-0.39, 0.29) is 18.6 Å². The molecule has 21 heavy (non-hydrogen) atoms. The number of aliphatic hydroxyl groups is 1. The van der Waals surface area contributed by atoms with Crippen molar-refractivity contribution in [1.82, 2.24) is 4.90 Å². The lowest BCUT2D eigenvalue weighted by Gasteiger charge is -2.40. The average molecular weight is 286 g/mol. The lowest BCUT2D eigenvalue weighted by molar-refractivity contribution is 0.0949. The van der Waals surface area contributed by atoms with E-state index in [1.54, 1.807) is 0 Å². The van der Waals surface area contributed by atoms with E-state index in [9.17, 15) is 10.4 Å². The Kier molecular flexibility index (Phi) is 6.22. The Morgan fingerprint density at radius 1 is 1.24 bits per heavy atom.